The molecule has 1 amide bonds. The van der Waals surface area contributed by atoms with Crippen molar-refractivity contribution in [1.29, 1.82) is 0 Å². The van der Waals surface area contributed by atoms with E-state index in [1.54, 1.807) is 0 Å². The zero-order valence-electron chi connectivity index (χ0n) is 16.9. The number of rotatable bonds is 4. The molecule has 158 valence electrons. The van der Waals surface area contributed by atoms with Crippen molar-refractivity contribution >= 4 is 17.1 Å². The van der Waals surface area contributed by atoms with E-state index < -0.39 is 28.8 Å². The van der Waals surface area contributed by atoms with Gasteiger partial charge in [-0.1, -0.05) is 0 Å². The second-order valence-corrected chi connectivity index (χ2v) is 8.40. The van der Waals surface area contributed by atoms with Crippen LogP contribution in [0.25, 0.3) is 11.0 Å². The van der Waals surface area contributed by atoms with Gasteiger partial charge in [-0.15, -0.1) is 0 Å². The first-order valence-corrected chi connectivity index (χ1v) is 9.67. The van der Waals surface area contributed by atoms with Crippen molar-refractivity contribution in [3.8, 4) is 0 Å². The van der Waals surface area contributed by atoms with Crippen LogP contribution in [0.15, 0.2) is 23.1 Å². The molecule has 0 atom stereocenters. The molecule has 2 heterocycles. The second-order valence-electron chi connectivity index (χ2n) is 8.40. The first-order chi connectivity index (χ1) is 13.6. The molecule has 1 saturated heterocycles. The summed E-state index contributed by atoms with van der Waals surface area (Å²) in [7, 11) is 0. The highest BCUT2D eigenvalue weighted by Crippen LogP contribution is 2.25. The lowest BCUT2D eigenvalue weighted by atomic mass is 9.97. The van der Waals surface area contributed by atoms with Crippen LogP contribution in [0.1, 0.15) is 33.6 Å². The van der Waals surface area contributed by atoms with Gasteiger partial charge in [0.2, 0.25) is 0 Å². The maximum absolute atomic E-state index is 14.3. The van der Waals surface area contributed by atoms with E-state index >= 15 is 0 Å². The van der Waals surface area contributed by atoms with E-state index in [9.17, 15) is 23.5 Å². The molecule has 1 aromatic heterocycles. The number of likely N-dealkylation sites (tertiary alicyclic amines) is 1. The molecular formula is C20H26F2N4O3. The first kappa shape index (κ1) is 21.2. The fourth-order valence-corrected chi connectivity index (χ4v) is 4.08. The molecule has 1 aliphatic heterocycles. The molecule has 3 rings (SSSR count). The SMILES string of the molecule is CC(C)(C)N(C(=O)O)C1CCN(CCn2c(=O)cnc3cc(F)cc(F)c32)CC1. The predicted molar refractivity (Wildman–Crippen MR) is 105 cm³/mol. The Morgan fingerprint density at radius 3 is 2.48 bits per heavy atom. The highest BCUT2D eigenvalue weighted by molar-refractivity contribution is 5.75. The highest BCUT2D eigenvalue weighted by atomic mass is 19.1. The van der Waals surface area contributed by atoms with E-state index in [4.69, 9.17) is 0 Å². The predicted octanol–water partition coefficient (Wildman–Crippen LogP) is 2.92. The Hall–Kier alpha value is -2.55. The van der Waals surface area contributed by atoms with E-state index in [0.717, 1.165) is 18.3 Å². The molecule has 0 aliphatic carbocycles. The summed E-state index contributed by atoms with van der Waals surface area (Å²) < 4.78 is 29.0. The summed E-state index contributed by atoms with van der Waals surface area (Å²) in [5.74, 6) is -1.55. The summed E-state index contributed by atoms with van der Waals surface area (Å²) >= 11 is 0. The Kier molecular flexibility index (Phi) is 5.88. The standard InChI is InChI=1S/C20H26F2N4O3/c1-20(2,3)26(19(28)29)14-4-6-24(7-5-14)8-9-25-17(27)12-23-16-11-13(21)10-15(22)18(16)25/h10-12,14H,4-9H2,1-3H3,(H,28,29). The summed E-state index contributed by atoms with van der Waals surface area (Å²) in [5.41, 5.74) is -0.821. The van der Waals surface area contributed by atoms with Gasteiger partial charge in [-0.3, -0.25) is 4.79 Å². The Morgan fingerprint density at radius 1 is 1.24 bits per heavy atom. The van der Waals surface area contributed by atoms with Gasteiger partial charge in [0.1, 0.15) is 11.3 Å². The van der Waals surface area contributed by atoms with E-state index in [1.807, 2.05) is 20.8 Å². The highest BCUT2D eigenvalue weighted by Gasteiger charge is 2.35. The van der Waals surface area contributed by atoms with Gasteiger partial charge >= 0.3 is 6.09 Å². The van der Waals surface area contributed by atoms with E-state index in [1.165, 1.54) is 9.47 Å². The molecule has 1 aliphatic rings. The molecule has 7 nitrogen and oxygen atoms in total. The maximum Gasteiger partial charge on any atom is 0.407 e. The monoisotopic (exact) mass is 408 g/mol. The van der Waals surface area contributed by atoms with Crippen LogP contribution in [-0.4, -0.2) is 61.8 Å². The lowest BCUT2D eigenvalue weighted by Gasteiger charge is -2.43. The Labute approximate surface area is 167 Å². The number of amides is 1. The largest absolute Gasteiger partial charge is 0.465 e. The average molecular weight is 408 g/mol. The van der Waals surface area contributed by atoms with Gasteiger partial charge in [0.25, 0.3) is 5.56 Å². The minimum atomic E-state index is -0.923. The Balaban J connectivity index is 1.69. The quantitative estimate of drug-likeness (QED) is 0.842. The molecule has 1 aromatic carbocycles. The van der Waals surface area contributed by atoms with Crippen LogP contribution in [0, 0.1) is 11.6 Å². The minimum Gasteiger partial charge on any atom is -0.465 e. The van der Waals surface area contributed by atoms with Crippen LogP contribution in [0.2, 0.25) is 0 Å². The first-order valence-electron chi connectivity index (χ1n) is 9.67. The smallest absolute Gasteiger partial charge is 0.407 e. The number of hydrogen-bond donors (Lipinski definition) is 1. The van der Waals surface area contributed by atoms with Gasteiger partial charge in [-0.05, 0) is 33.6 Å². The van der Waals surface area contributed by atoms with E-state index in [0.29, 0.717) is 32.5 Å². The van der Waals surface area contributed by atoms with Crippen molar-refractivity contribution in [2.75, 3.05) is 19.6 Å². The molecule has 1 N–H and O–H groups in total. The summed E-state index contributed by atoms with van der Waals surface area (Å²) in [6.07, 6.45) is 1.53. The van der Waals surface area contributed by atoms with Gasteiger partial charge in [-0.25, -0.2) is 18.6 Å². The third kappa shape index (κ3) is 4.55. The molecule has 0 saturated carbocycles. The molecule has 0 bridgehead atoms. The van der Waals surface area contributed by atoms with Gasteiger partial charge in [0, 0.05) is 49.9 Å². The van der Waals surface area contributed by atoms with Crippen LogP contribution in [-0.2, 0) is 6.54 Å². The third-order valence-electron chi connectivity index (χ3n) is 5.35. The topological polar surface area (TPSA) is 78.7 Å². The van der Waals surface area contributed by atoms with Crippen LogP contribution >= 0.6 is 0 Å². The number of benzene rings is 1. The van der Waals surface area contributed by atoms with E-state index in [-0.39, 0.29) is 23.6 Å². The third-order valence-corrected chi connectivity index (χ3v) is 5.35. The molecule has 0 spiro atoms. The fourth-order valence-electron chi connectivity index (χ4n) is 4.08. The van der Waals surface area contributed by atoms with Crippen LogP contribution in [0.4, 0.5) is 13.6 Å². The van der Waals surface area contributed by atoms with Crippen molar-refractivity contribution in [3.63, 3.8) is 0 Å². The van der Waals surface area contributed by atoms with Crippen molar-refractivity contribution in [2.24, 2.45) is 0 Å². The number of nitrogens with zero attached hydrogens (tertiary/aromatic N) is 4. The number of hydrogen-bond acceptors (Lipinski definition) is 4. The van der Waals surface area contributed by atoms with Crippen LogP contribution in [0.5, 0.6) is 0 Å². The van der Waals surface area contributed by atoms with Crippen molar-refractivity contribution in [2.45, 2.75) is 51.7 Å². The molecule has 2 aromatic rings. The zero-order valence-corrected chi connectivity index (χ0v) is 16.9. The number of aromatic nitrogens is 2. The van der Waals surface area contributed by atoms with Crippen LogP contribution in [0.3, 0.4) is 0 Å². The van der Waals surface area contributed by atoms with Crippen LogP contribution < -0.4 is 5.56 Å². The summed E-state index contributed by atoms with van der Waals surface area (Å²) in [5, 5.41) is 9.56. The second kappa shape index (κ2) is 8.06. The molecule has 9 heteroatoms. The van der Waals surface area contributed by atoms with E-state index in [2.05, 4.69) is 9.88 Å². The number of carbonyl (C=O) groups is 1. The minimum absolute atomic E-state index is 0.00132. The van der Waals surface area contributed by atoms with Crippen molar-refractivity contribution in [1.82, 2.24) is 19.4 Å². The molecule has 0 radical (unpaired) electrons. The van der Waals surface area contributed by atoms with Gasteiger partial charge in [0.05, 0.1) is 11.7 Å². The zero-order chi connectivity index (χ0) is 21.3. The van der Waals surface area contributed by atoms with Gasteiger partial charge < -0.3 is 19.5 Å². The lowest BCUT2D eigenvalue weighted by Crippen LogP contribution is -2.54. The number of fused-ring (bicyclic) bond motifs is 1. The normalized spacial score (nSPS) is 16.3. The lowest BCUT2D eigenvalue weighted by molar-refractivity contribution is 0.0417. The number of piperidine rings is 1. The summed E-state index contributed by atoms with van der Waals surface area (Å²) in [4.78, 5) is 31.4. The molecule has 0 unspecified atom stereocenters. The fraction of sp³-hybridized carbons (Fsp3) is 0.550. The molecule has 1 fully saturated rings. The molecule has 29 heavy (non-hydrogen) atoms. The Bertz CT molecular complexity index is 963. The van der Waals surface area contributed by atoms with Crippen molar-refractivity contribution < 1.29 is 18.7 Å². The van der Waals surface area contributed by atoms with Gasteiger partial charge in [0.15, 0.2) is 5.82 Å². The van der Waals surface area contributed by atoms with Crippen molar-refractivity contribution in [3.05, 3.63) is 40.3 Å². The summed E-state index contributed by atoms with van der Waals surface area (Å²) in [6, 6.07) is 1.79. The maximum atomic E-state index is 14.3. The van der Waals surface area contributed by atoms with Gasteiger partial charge in [-0.2, -0.15) is 0 Å². The average Bonchev–Trinajstić information content (AvgIpc) is 2.60. The summed E-state index contributed by atoms with van der Waals surface area (Å²) in [6.45, 7) is 7.75. The number of carboxylic acid groups (broad SMARTS) is 1. The molecular weight excluding hydrogens is 382 g/mol. The Morgan fingerprint density at radius 2 is 1.90 bits per heavy atom. The number of halogens is 2.